The normalized spacial score (nSPS) is 12.1. The summed E-state index contributed by atoms with van der Waals surface area (Å²) < 4.78 is 11.5. The van der Waals surface area contributed by atoms with Crippen LogP contribution in [0.2, 0.25) is 0 Å². The summed E-state index contributed by atoms with van der Waals surface area (Å²) in [5, 5.41) is 10.3. The fourth-order valence-electron chi connectivity index (χ4n) is 9.67. The molecule has 274 valence electrons. The minimum absolute atomic E-state index is 0.858. The quantitative estimate of drug-likeness (QED) is 0.168. The summed E-state index contributed by atoms with van der Waals surface area (Å²) in [7, 11) is 0. The van der Waals surface area contributed by atoms with Gasteiger partial charge in [0.15, 0.2) is 0 Å². The molecule has 0 bridgehead atoms. The van der Waals surface area contributed by atoms with Gasteiger partial charge in [-0.2, -0.15) is 0 Å². The van der Waals surface area contributed by atoms with Crippen molar-refractivity contribution in [3.8, 4) is 33.8 Å². The average Bonchev–Trinajstić information content (AvgIpc) is 3.97. The molecular formula is C55H33N3O. The Hall–Kier alpha value is -7.95. The van der Waals surface area contributed by atoms with Crippen LogP contribution in [0.3, 0.4) is 0 Å². The van der Waals surface area contributed by atoms with Crippen molar-refractivity contribution in [2.75, 3.05) is 0 Å². The molecule has 0 atom stereocenters. The number of para-hydroxylation sites is 5. The lowest BCUT2D eigenvalue weighted by atomic mass is 9.97. The number of hydrogen-bond acceptors (Lipinski definition) is 2. The van der Waals surface area contributed by atoms with Gasteiger partial charge in [-0.3, -0.25) is 0 Å². The molecule has 0 fully saturated rings. The van der Waals surface area contributed by atoms with Gasteiger partial charge in [0.05, 0.1) is 38.7 Å². The summed E-state index contributed by atoms with van der Waals surface area (Å²) in [6.45, 7) is 0. The van der Waals surface area contributed by atoms with Crippen LogP contribution >= 0.6 is 0 Å². The van der Waals surface area contributed by atoms with Crippen LogP contribution in [0.15, 0.2) is 205 Å². The maximum Gasteiger partial charge on any atom is 0.147 e. The summed E-state index contributed by atoms with van der Waals surface area (Å²) in [5.74, 6) is 0. The SMILES string of the molecule is c1cc(-c2cc(-n3c4ccccc4c4ccccc43)cc(-n3c4ccccc4c4ccccc43)c2)cc(-c2nc3c4ccccc4ccc3c3oc4ccccc4c23)c1. The van der Waals surface area contributed by atoms with E-state index in [2.05, 4.69) is 203 Å². The maximum atomic E-state index is 6.70. The zero-order valence-corrected chi connectivity index (χ0v) is 31.8. The molecular weight excluding hydrogens is 719 g/mol. The lowest BCUT2D eigenvalue weighted by Crippen LogP contribution is -2.00. The van der Waals surface area contributed by atoms with Crippen LogP contribution in [0.1, 0.15) is 0 Å². The van der Waals surface area contributed by atoms with Gasteiger partial charge < -0.3 is 13.6 Å². The van der Waals surface area contributed by atoms with E-state index in [-0.39, 0.29) is 0 Å². The summed E-state index contributed by atoms with van der Waals surface area (Å²) in [6, 6.07) is 72.0. The first-order valence-corrected chi connectivity index (χ1v) is 20.1. The van der Waals surface area contributed by atoms with Crippen molar-refractivity contribution in [3.05, 3.63) is 200 Å². The van der Waals surface area contributed by atoms with Crippen LogP contribution in [0.4, 0.5) is 0 Å². The predicted octanol–water partition coefficient (Wildman–Crippen LogP) is 14.8. The second-order valence-corrected chi connectivity index (χ2v) is 15.5. The fraction of sp³-hybridized carbons (Fsp3) is 0. The Labute approximate surface area is 338 Å². The standard InChI is InChI=1S/C55H33N3O/c1-2-17-40-34(14-1)28-29-46-54(40)56-53(52-45-22-7-12-27-51(45)59-55(46)52)36-16-13-15-35(30-36)37-31-38(57-47-23-8-3-18-41(47)42-19-4-9-24-48(42)57)33-39(32-37)58-49-25-10-5-20-43(49)44-21-6-11-26-50(44)58/h1-33H. The van der Waals surface area contributed by atoms with E-state index in [1.807, 2.05) is 6.07 Å². The Kier molecular flexibility index (Phi) is 6.69. The topological polar surface area (TPSA) is 35.9 Å². The van der Waals surface area contributed by atoms with Crippen LogP contribution in [0.25, 0.3) is 121 Å². The van der Waals surface area contributed by atoms with Crippen LogP contribution in [0.5, 0.6) is 0 Å². The Morgan fingerprint density at radius 2 is 0.864 bits per heavy atom. The molecule has 59 heavy (non-hydrogen) atoms. The summed E-state index contributed by atoms with van der Waals surface area (Å²) >= 11 is 0. The molecule has 0 amide bonds. The van der Waals surface area contributed by atoms with Gasteiger partial charge in [0.2, 0.25) is 0 Å². The largest absolute Gasteiger partial charge is 0.455 e. The van der Waals surface area contributed by atoms with Gasteiger partial charge in [0.25, 0.3) is 0 Å². The molecule has 0 N–H and O–H groups in total. The van der Waals surface area contributed by atoms with Gasteiger partial charge in [0.1, 0.15) is 11.2 Å². The monoisotopic (exact) mass is 751 g/mol. The predicted molar refractivity (Wildman–Crippen MR) is 246 cm³/mol. The first-order chi connectivity index (χ1) is 29.3. The van der Waals surface area contributed by atoms with Crippen molar-refractivity contribution < 1.29 is 4.42 Å². The van der Waals surface area contributed by atoms with E-state index in [0.29, 0.717) is 0 Å². The summed E-state index contributed by atoms with van der Waals surface area (Å²) in [4.78, 5) is 5.54. The van der Waals surface area contributed by atoms with Gasteiger partial charge in [-0.1, -0.05) is 140 Å². The lowest BCUT2D eigenvalue weighted by Gasteiger charge is -2.16. The smallest absolute Gasteiger partial charge is 0.147 e. The van der Waals surface area contributed by atoms with E-state index < -0.39 is 0 Å². The van der Waals surface area contributed by atoms with Gasteiger partial charge >= 0.3 is 0 Å². The Balaban J connectivity index is 1.11. The lowest BCUT2D eigenvalue weighted by molar-refractivity contribution is 0.672. The molecule has 4 aromatic heterocycles. The van der Waals surface area contributed by atoms with Gasteiger partial charge in [-0.25, -0.2) is 4.98 Å². The molecule has 13 rings (SSSR count). The first kappa shape index (κ1) is 32.2. The Morgan fingerprint density at radius 1 is 0.356 bits per heavy atom. The van der Waals surface area contributed by atoms with E-state index in [1.165, 1.54) is 43.6 Å². The molecule has 0 aliphatic rings. The van der Waals surface area contributed by atoms with Crippen molar-refractivity contribution in [1.82, 2.24) is 14.1 Å². The molecule has 9 aromatic carbocycles. The van der Waals surface area contributed by atoms with Crippen LogP contribution < -0.4 is 0 Å². The number of furan rings is 1. The molecule has 4 nitrogen and oxygen atoms in total. The molecule has 4 heterocycles. The number of hydrogen-bond donors (Lipinski definition) is 0. The third-order valence-electron chi connectivity index (χ3n) is 12.2. The van der Waals surface area contributed by atoms with Crippen LogP contribution in [-0.4, -0.2) is 14.1 Å². The summed E-state index contributed by atoms with van der Waals surface area (Å²) in [5.41, 5.74) is 13.7. The number of rotatable bonds is 4. The van der Waals surface area contributed by atoms with Gasteiger partial charge in [-0.05, 0) is 77.2 Å². The van der Waals surface area contributed by atoms with E-state index in [0.717, 1.165) is 77.4 Å². The van der Waals surface area contributed by atoms with E-state index in [9.17, 15) is 0 Å². The molecule has 0 radical (unpaired) electrons. The highest BCUT2D eigenvalue weighted by atomic mass is 16.3. The zero-order valence-electron chi connectivity index (χ0n) is 31.8. The van der Waals surface area contributed by atoms with Crippen molar-refractivity contribution in [1.29, 1.82) is 0 Å². The van der Waals surface area contributed by atoms with Crippen molar-refractivity contribution >= 4 is 87.2 Å². The minimum atomic E-state index is 0.858. The first-order valence-electron chi connectivity index (χ1n) is 20.1. The highest BCUT2D eigenvalue weighted by Crippen LogP contribution is 2.43. The second-order valence-electron chi connectivity index (χ2n) is 15.5. The van der Waals surface area contributed by atoms with Gasteiger partial charge in [0, 0.05) is 54.6 Å². The highest BCUT2D eigenvalue weighted by Gasteiger charge is 2.21. The molecule has 0 saturated heterocycles. The number of benzene rings is 9. The van der Waals surface area contributed by atoms with Crippen LogP contribution in [0, 0.1) is 0 Å². The number of nitrogens with zero attached hydrogens (tertiary/aromatic N) is 3. The average molecular weight is 752 g/mol. The fourth-order valence-corrected chi connectivity index (χ4v) is 9.67. The summed E-state index contributed by atoms with van der Waals surface area (Å²) in [6.07, 6.45) is 0. The molecule has 0 aliphatic heterocycles. The number of pyridine rings is 1. The molecule has 0 unspecified atom stereocenters. The molecule has 13 aromatic rings. The van der Waals surface area contributed by atoms with E-state index in [4.69, 9.17) is 9.40 Å². The number of aromatic nitrogens is 3. The second kappa shape index (κ2) is 12.3. The molecule has 4 heteroatoms. The van der Waals surface area contributed by atoms with E-state index in [1.54, 1.807) is 0 Å². The maximum absolute atomic E-state index is 6.70. The number of fused-ring (bicyclic) bond motifs is 13. The Bertz CT molecular complexity index is 3620. The van der Waals surface area contributed by atoms with Crippen molar-refractivity contribution in [3.63, 3.8) is 0 Å². The third-order valence-corrected chi connectivity index (χ3v) is 12.2. The molecule has 0 spiro atoms. The minimum Gasteiger partial charge on any atom is -0.455 e. The van der Waals surface area contributed by atoms with Crippen molar-refractivity contribution in [2.45, 2.75) is 0 Å². The highest BCUT2D eigenvalue weighted by molar-refractivity contribution is 6.23. The molecule has 0 saturated carbocycles. The Morgan fingerprint density at radius 3 is 1.47 bits per heavy atom. The molecule has 0 aliphatic carbocycles. The van der Waals surface area contributed by atoms with E-state index >= 15 is 0 Å². The zero-order chi connectivity index (χ0) is 38.6. The van der Waals surface area contributed by atoms with Gasteiger partial charge in [-0.15, -0.1) is 0 Å². The van der Waals surface area contributed by atoms with Crippen LogP contribution in [-0.2, 0) is 0 Å². The van der Waals surface area contributed by atoms with Crippen molar-refractivity contribution in [2.24, 2.45) is 0 Å². The third kappa shape index (κ3) is 4.69.